The molecule has 1 heterocycles. The highest BCUT2D eigenvalue weighted by atomic mass is 19.1. The normalized spacial score (nSPS) is 16.3. The van der Waals surface area contributed by atoms with Crippen LogP contribution in [0, 0.1) is 5.82 Å². The number of carbonyl (C=O) groups excluding carboxylic acids is 1. The molecule has 2 N–H and O–H groups in total. The first-order valence-corrected chi connectivity index (χ1v) is 6.19. The van der Waals surface area contributed by atoms with E-state index in [1.54, 1.807) is 0 Å². The third-order valence-electron chi connectivity index (χ3n) is 2.95. The van der Waals surface area contributed by atoms with E-state index < -0.39 is 11.8 Å². The molecular weight excluding hydrogens is 251 g/mol. The summed E-state index contributed by atoms with van der Waals surface area (Å²) in [5.74, 6) is -1.30. The predicted octanol–water partition coefficient (Wildman–Crippen LogP) is 0.897. The zero-order chi connectivity index (χ0) is 13.7. The fourth-order valence-electron chi connectivity index (χ4n) is 1.87. The lowest BCUT2D eigenvalue weighted by atomic mass is 10.2. The van der Waals surface area contributed by atoms with E-state index in [4.69, 9.17) is 15.2 Å². The van der Waals surface area contributed by atoms with Gasteiger partial charge in [0.05, 0.1) is 18.8 Å². The van der Waals surface area contributed by atoms with Crippen LogP contribution < -0.4 is 5.73 Å². The number of nitrogen functional groups attached to an aromatic ring is 1. The number of carbonyl (C=O) groups is 1. The quantitative estimate of drug-likeness (QED) is 0.649. The highest BCUT2D eigenvalue weighted by Gasteiger charge is 2.15. The van der Waals surface area contributed by atoms with Gasteiger partial charge in [-0.05, 0) is 18.2 Å². The summed E-state index contributed by atoms with van der Waals surface area (Å²) in [7, 11) is 0. The monoisotopic (exact) mass is 268 g/mol. The maximum absolute atomic E-state index is 13.4. The van der Waals surface area contributed by atoms with Crippen molar-refractivity contribution < 1.29 is 18.7 Å². The average Bonchev–Trinajstić information content (AvgIpc) is 2.42. The topological polar surface area (TPSA) is 64.8 Å². The van der Waals surface area contributed by atoms with Crippen LogP contribution in [-0.4, -0.2) is 50.3 Å². The molecule has 6 heteroatoms. The maximum Gasteiger partial charge on any atom is 0.341 e. The van der Waals surface area contributed by atoms with E-state index >= 15 is 0 Å². The number of hydrogen-bond acceptors (Lipinski definition) is 5. The fraction of sp³-hybridized carbons (Fsp3) is 0.462. The molecule has 19 heavy (non-hydrogen) atoms. The lowest BCUT2D eigenvalue weighted by Crippen LogP contribution is -2.38. The Morgan fingerprint density at radius 2 is 2.16 bits per heavy atom. The van der Waals surface area contributed by atoms with Gasteiger partial charge in [0.25, 0.3) is 0 Å². The Hall–Kier alpha value is -1.66. The van der Waals surface area contributed by atoms with Gasteiger partial charge in [-0.2, -0.15) is 0 Å². The molecule has 1 aromatic carbocycles. The van der Waals surface area contributed by atoms with Gasteiger partial charge >= 0.3 is 5.97 Å². The molecule has 5 nitrogen and oxygen atoms in total. The molecule has 0 amide bonds. The molecule has 0 unspecified atom stereocenters. The molecule has 0 aliphatic carbocycles. The van der Waals surface area contributed by atoms with E-state index in [1.807, 2.05) is 0 Å². The van der Waals surface area contributed by atoms with Gasteiger partial charge in [-0.15, -0.1) is 0 Å². The first-order valence-electron chi connectivity index (χ1n) is 6.19. The Labute approximate surface area is 111 Å². The van der Waals surface area contributed by atoms with Crippen molar-refractivity contribution in [3.8, 4) is 0 Å². The number of nitrogens with zero attached hydrogens (tertiary/aromatic N) is 1. The van der Waals surface area contributed by atoms with Gasteiger partial charge in [0.15, 0.2) is 0 Å². The number of benzene rings is 1. The fourth-order valence-corrected chi connectivity index (χ4v) is 1.87. The minimum absolute atomic E-state index is 0.123. The second-order valence-corrected chi connectivity index (χ2v) is 4.33. The SMILES string of the molecule is Nc1ccc(F)c(C(=O)OCCN2CCOCC2)c1. The van der Waals surface area contributed by atoms with Crippen molar-refractivity contribution in [3.05, 3.63) is 29.6 Å². The second-order valence-electron chi connectivity index (χ2n) is 4.33. The predicted molar refractivity (Wildman–Crippen MR) is 68.4 cm³/mol. The molecule has 0 atom stereocenters. The van der Waals surface area contributed by atoms with Gasteiger partial charge in [-0.25, -0.2) is 9.18 Å². The molecular formula is C13H17FN2O3. The molecule has 0 radical (unpaired) electrons. The van der Waals surface area contributed by atoms with Crippen LogP contribution in [0.1, 0.15) is 10.4 Å². The van der Waals surface area contributed by atoms with Gasteiger partial charge in [-0.1, -0.05) is 0 Å². The Morgan fingerprint density at radius 3 is 2.89 bits per heavy atom. The minimum atomic E-state index is -0.682. The zero-order valence-corrected chi connectivity index (χ0v) is 10.6. The van der Waals surface area contributed by atoms with Crippen molar-refractivity contribution in [2.75, 3.05) is 45.2 Å². The highest BCUT2D eigenvalue weighted by Crippen LogP contribution is 2.13. The van der Waals surface area contributed by atoms with Gasteiger partial charge in [0.2, 0.25) is 0 Å². The summed E-state index contributed by atoms with van der Waals surface area (Å²) in [5.41, 5.74) is 5.73. The summed E-state index contributed by atoms with van der Waals surface area (Å²) in [6.45, 7) is 3.89. The Bertz CT molecular complexity index is 448. The first-order chi connectivity index (χ1) is 9.16. The highest BCUT2D eigenvalue weighted by molar-refractivity contribution is 5.90. The number of anilines is 1. The number of morpholine rings is 1. The second kappa shape index (κ2) is 6.49. The lowest BCUT2D eigenvalue weighted by Gasteiger charge is -2.26. The standard InChI is InChI=1S/C13H17FN2O3/c14-12-2-1-10(15)9-11(12)13(17)19-8-5-16-3-6-18-7-4-16/h1-2,9H,3-8,15H2. The molecule has 1 aliphatic heterocycles. The number of rotatable bonds is 4. The number of halogens is 1. The van der Waals surface area contributed by atoms with Gasteiger partial charge in [0, 0.05) is 25.3 Å². The summed E-state index contributed by atoms with van der Waals surface area (Å²) in [6, 6.07) is 3.85. The summed E-state index contributed by atoms with van der Waals surface area (Å²) in [6.07, 6.45) is 0. The van der Waals surface area contributed by atoms with Crippen molar-refractivity contribution in [3.63, 3.8) is 0 Å². The maximum atomic E-state index is 13.4. The zero-order valence-electron chi connectivity index (χ0n) is 10.6. The van der Waals surface area contributed by atoms with Crippen molar-refractivity contribution in [1.29, 1.82) is 0 Å². The van der Waals surface area contributed by atoms with E-state index in [9.17, 15) is 9.18 Å². The molecule has 1 saturated heterocycles. The third-order valence-corrected chi connectivity index (χ3v) is 2.95. The smallest absolute Gasteiger partial charge is 0.341 e. The molecule has 0 aromatic heterocycles. The molecule has 2 rings (SSSR count). The van der Waals surface area contributed by atoms with Crippen LogP contribution in [-0.2, 0) is 9.47 Å². The van der Waals surface area contributed by atoms with Crippen LogP contribution in [0.2, 0.25) is 0 Å². The molecule has 1 fully saturated rings. The van der Waals surface area contributed by atoms with Crippen LogP contribution >= 0.6 is 0 Å². The summed E-state index contributed by atoms with van der Waals surface area (Å²) < 4.78 is 23.7. The number of ether oxygens (including phenoxy) is 2. The lowest BCUT2D eigenvalue weighted by molar-refractivity contribution is 0.0194. The van der Waals surface area contributed by atoms with Crippen LogP contribution in [0.3, 0.4) is 0 Å². The Balaban J connectivity index is 1.82. The van der Waals surface area contributed by atoms with E-state index in [1.165, 1.54) is 12.1 Å². The van der Waals surface area contributed by atoms with Crippen molar-refractivity contribution in [2.24, 2.45) is 0 Å². The number of nitrogens with two attached hydrogens (primary N) is 1. The molecule has 0 saturated carbocycles. The van der Waals surface area contributed by atoms with E-state index in [0.717, 1.165) is 19.2 Å². The van der Waals surface area contributed by atoms with Crippen LogP contribution in [0.25, 0.3) is 0 Å². The van der Waals surface area contributed by atoms with E-state index in [2.05, 4.69) is 4.90 Å². The molecule has 1 aliphatic rings. The Morgan fingerprint density at radius 1 is 1.42 bits per heavy atom. The van der Waals surface area contributed by atoms with Gasteiger partial charge < -0.3 is 15.2 Å². The molecule has 104 valence electrons. The molecule has 0 bridgehead atoms. The Kier molecular flexibility index (Phi) is 4.70. The van der Waals surface area contributed by atoms with E-state index in [0.29, 0.717) is 25.4 Å². The largest absolute Gasteiger partial charge is 0.461 e. The van der Waals surface area contributed by atoms with Crippen molar-refractivity contribution in [1.82, 2.24) is 4.90 Å². The van der Waals surface area contributed by atoms with Crippen LogP contribution in [0.4, 0.5) is 10.1 Å². The number of esters is 1. The average molecular weight is 268 g/mol. The van der Waals surface area contributed by atoms with Crippen LogP contribution in [0.15, 0.2) is 18.2 Å². The van der Waals surface area contributed by atoms with Crippen molar-refractivity contribution >= 4 is 11.7 Å². The van der Waals surface area contributed by atoms with Crippen LogP contribution in [0.5, 0.6) is 0 Å². The van der Waals surface area contributed by atoms with Gasteiger partial charge in [0.1, 0.15) is 12.4 Å². The third kappa shape index (κ3) is 3.90. The first kappa shape index (κ1) is 13.8. The summed E-state index contributed by atoms with van der Waals surface area (Å²) >= 11 is 0. The molecule has 0 spiro atoms. The summed E-state index contributed by atoms with van der Waals surface area (Å²) in [4.78, 5) is 13.8. The molecule has 1 aromatic rings. The van der Waals surface area contributed by atoms with Gasteiger partial charge in [-0.3, -0.25) is 4.90 Å². The minimum Gasteiger partial charge on any atom is -0.461 e. The van der Waals surface area contributed by atoms with E-state index in [-0.39, 0.29) is 12.2 Å². The summed E-state index contributed by atoms with van der Waals surface area (Å²) in [5, 5.41) is 0. The number of hydrogen-bond donors (Lipinski definition) is 1. The van der Waals surface area contributed by atoms with Crippen molar-refractivity contribution in [2.45, 2.75) is 0 Å².